The van der Waals surface area contributed by atoms with Gasteiger partial charge in [-0.15, -0.1) is 0 Å². The highest BCUT2D eigenvalue weighted by atomic mass is 19.3. The van der Waals surface area contributed by atoms with Gasteiger partial charge in [0.05, 0.1) is 6.61 Å². The van der Waals surface area contributed by atoms with E-state index >= 15 is 0 Å². The van der Waals surface area contributed by atoms with Gasteiger partial charge in [0.2, 0.25) is 0 Å². The number of aliphatic hydroxyl groups excluding tert-OH is 1. The number of halogens is 4. The van der Waals surface area contributed by atoms with Gasteiger partial charge in [-0.2, -0.15) is 17.6 Å². The molecular formula is C16H15F4NO3. The molecule has 130 valence electrons. The van der Waals surface area contributed by atoms with Gasteiger partial charge in [-0.3, -0.25) is 0 Å². The van der Waals surface area contributed by atoms with E-state index in [0.717, 1.165) is 12.1 Å². The van der Waals surface area contributed by atoms with Crippen LogP contribution >= 0.6 is 0 Å². The lowest BCUT2D eigenvalue weighted by Crippen LogP contribution is -2.21. The Balaban J connectivity index is 2.40. The van der Waals surface area contributed by atoms with E-state index in [0.29, 0.717) is 11.4 Å². The molecule has 4 nitrogen and oxygen atoms in total. The topological polar surface area (TPSA) is 41.9 Å². The van der Waals surface area contributed by atoms with Crippen molar-refractivity contribution in [3.8, 4) is 11.5 Å². The Labute approximate surface area is 135 Å². The van der Waals surface area contributed by atoms with Gasteiger partial charge in [0, 0.05) is 24.0 Å². The molecule has 0 radical (unpaired) electrons. The SMILES string of the molecule is OCCN(c1ccccc1)c1ccc(OC(F)F)c(OC(F)F)c1. The van der Waals surface area contributed by atoms with Gasteiger partial charge < -0.3 is 19.5 Å². The Kier molecular flexibility index (Phi) is 6.25. The molecule has 0 unspecified atom stereocenters. The third-order valence-corrected chi connectivity index (χ3v) is 3.06. The minimum absolute atomic E-state index is 0.174. The summed E-state index contributed by atoms with van der Waals surface area (Å²) >= 11 is 0. The zero-order chi connectivity index (χ0) is 17.5. The van der Waals surface area contributed by atoms with Gasteiger partial charge in [0.1, 0.15) is 0 Å². The molecule has 0 atom stereocenters. The molecule has 1 N–H and O–H groups in total. The molecule has 0 aliphatic heterocycles. The Bertz CT molecular complexity index is 640. The zero-order valence-corrected chi connectivity index (χ0v) is 12.4. The molecule has 0 aromatic heterocycles. The normalized spacial score (nSPS) is 11.0. The number of nitrogens with zero attached hydrogens (tertiary/aromatic N) is 1. The van der Waals surface area contributed by atoms with E-state index in [1.807, 2.05) is 0 Å². The fourth-order valence-electron chi connectivity index (χ4n) is 2.16. The van der Waals surface area contributed by atoms with Gasteiger partial charge in [-0.05, 0) is 24.3 Å². The summed E-state index contributed by atoms with van der Waals surface area (Å²) in [4.78, 5) is 1.63. The fraction of sp³-hybridized carbons (Fsp3) is 0.250. The molecule has 0 heterocycles. The van der Waals surface area contributed by atoms with Crippen molar-refractivity contribution in [2.24, 2.45) is 0 Å². The predicted molar refractivity (Wildman–Crippen MR) is 80.2 cm³/mol. The minimum Gasteiger partial charge on any atom is -0.431 e. The van der Waals surface area contributed by atoms with Crippen molar-refractivity contribution in [1.29, 1.82) is 0 Å². The van der Waals surface area contributed by atoms with E-state index in [-0.39, 0.29) is 13.2 Å². The number of para-hydroxylation sites is 1. The largest absolute Gasteiger partial charge is 0.431 e. The van der Waals surface area contributed by atoms with Crippen LogP contribution in [-0.4, -0.2) is 31.5 Å². The molecule has 2 aromatic carbocycles. The first-order chi connectivity index (χ1) is 11.5. The van der Waals surface area contributed by atoms with E-state index in [2.05, 4.69) is 9.47 Å². The van der Waals surface area contributed by atoms with Crippen molar-refractivity contribution in [3.63, 3.8) is 0 Å². The Morgan fingerprint density at radius 2 is 1.46 bits per heavy atom. The number of benzene rings is 2. The van der Waals surface area contributed by atoms with Crippen LogP contribution in [0.1, 0.15) is 0 Å². The molecule has 2 rings (SSSR count). The summed E-state index contributed by atoms with van der Waals surface area (Å²) in [7, 11) is 0. The molecular weight excluding hydrogens is 330 g/mol. The smallest absolute Gasteiger partial charge is 0.387 e. The number of ether oxygens (including phenoxy) is 2. The maximum Gasteiger partial charge on any atom is 0.387 e. The number of hydrogen-bond acceptors (Lipinski definition) is 4. The lowest BCUT2D eigenvalue weighted by atomic mass is 10.2. The van der Waals surface area contributed by atoms with Crippen molar-refractivity contribution in [3.05, 3.63) is 48.5 Å². The van der Waals surface area contributed by atoms with E-state index in [9.17, 15) is 22.7 Å². The Hall–Kier alpha value is -2.48. The van der Waals surface area contributed by atoms with Crippen molar-refractivity contribution in [2.75, 3.05) is 18.1 Å². The first-order valence-electron chi connectivity index (χ1n) is 6.98. The van der Waals surface area contributed by atoms with E-state index < -0.39 is 24.7 Å². The molecule has 0 saturated carbocycles. The lowest BCUT2D eigenvalue weighted by molar-refractivity contribution is -0.0692. The summed E-state index contributed by atoms with van der Waals surface area (Å²) in [6.07, 6.45) is 0. The third-order valence-electron chi connectivity index (χ3n) is 3.06. The van der Waals surface area contributed by atoms with Gasteiger partial charge in [-0.25, -0.2) is 0 Å². The summed E-state index contributed by atoms with van der Waals surface area (Å²) in [6.45, 7) is -6.38. The molecule has 0 spiro atoms. The number of hydrogen-bond donors (Lipinski definition) is 1. The average Bonchev–Trinajstić information content (AvgIpc) is 2.54. The Morgan fingerprint density at radius 3 is 2.04 bits per heavy atom. The highest BCUT2D eigenvalue weighted by Crippen LogP contribution is 2.36. The van der Waals surface area contributed by atoms with Crippen LogP contribution in [0.4, 0.5) is 28.9 Å². The molecule has 0 bridgehead atoms. The second-order valence-corrected chi connectivity index (χ2v) is 4.60. The summed E-state index contributed by atoms with van der Waals surface area (Å²) < 4.78 is 58.3. The summed E-state index contributed by atoms with van der Waals surface area (Å²) in [5, 5.41) is 9.23. The molecule has 0 fully saturated rings. The number of anilines is 2. The van der Waals surface area contributed by atoms with Gasteiger partial charge in [0.25, 0.3) is 0 Å². The quantitative estimate of drug-likeness (QED) is 0.734. The van der Waals surface area contributed by atoms with Gasteiger partial charge >= 0.3 is 13.2 Å². The van der Waals surface area contributed by atoms with Crippen molar-refractivity contribution < 1.29 is 32.1 Å². The van der Waals surface area contributed by atoms with E-state index in [1.54, 1.807) is 35.2 Å². The molecule has 0 saturated heterocycles. The van der Waals surface area contributed by atoms with E-state index in [4.69, 9.17) is 0 Å². The highest BCUT2D eigenvalue weighted by molar-refractivity contribution is 5.66. The first-order valence-corrected chi connectivity index (χ1v) is 6.98. The monoisotopic (exact) mass is 345 g/mol. The van der Waals surface area contributed by atoms with Crippen LogP contribution in [0.3, 0.4) is 0 Å². The molecule has 0 amide bonds. The number of aliphatic hydroxyl groups is 1. The van der Waals surface area contributed by atoms with Crippen molar-refractivity contribution >= 4 is 11.4 Å². The average molecular weight is 345 g/mol. The van der Waals surface area contributed by atoms with Gasteiger partial charge in [0.15, 0.2) is 11.5 Å². The lowest BCUT2D eigenvalue weighted by Gasteiger charge is -2.25. The van der Waals surface area contributed by atoms with Crippen LogP contribution < -0.4 is 14.4 Å². The third kappa shape index (κ3) is 4.76. The number of alkyl halides is 4. The predicted octanol–water partition coefficient (Wildman–Crippen LogP) is 4.02. The minimum atomic E-state index is -3.19. The second-order valence-electron chi connectivity index (χ2n) is 4.60. The summed E-state index contributed by atoms with van der Waals surface area (Å²) in [6, 6.07) is 12.5. The fourth-order valence-corrected chi connectivity index (χ4v) is 2.16. The highest BCUT2D eigenvalue weighted by Gasteiger charge is 2.18. The van der Waals surface area contributed by atoms with Crippen LogP contribution in [0.25, 0.3) is 0 Å². The molecule has 2 aromatic rings. The maximum absolute atomic E-state index is 12.5. The van der Waals surface area contributed by atoms with Crippen molar-refractivity contribution in [2.45, 2.75) is 13.2 Å². The molecule has 0 aliphatic carbocycles. The summed E-state index contributed by atoms with van der Waals surface area (Å²) in [5.74, 6) is -1.01. The van der Waals surface area contributed by atoms with Crippen LogP contribution in [-0.2, 0) is 0 Å². The molecule has 0 aliphatic rings. The van der Waals surface area contributed by atoms with Crippen LogP contribution in [0.2, 0.25) is 0 Å². The van der Waals surface area contributed by atoms with Crippen LogP contribution in [0, 0.1) is 0 Å². The first kappa shape index (κ1) is 17.9. The molecule has 8 heteroatoms. The maximum atomic E-state index is 12.5. The Morgan fingerprint density at radius 1 is 0.833 bits per heavy atom. The summed E-state index contributed by atoms with van der Waals surface area (Å²) in [5.41, 5.74) is 1.07. The zero-order valence-electron chi connectivity index (χ0n) is 12.4. The van der Waals surface area contributed by atoms with Crippen LogP contribution in [0.15, 0.2) is 48.5 Å². The van der Waals surface area contributed by atoms with E-state index in [1.165, 1.54) is 6.07 Å². The number of rotatable bonds is 8. The van der Waals surface area contributed by atoms with Crippen molar-refractivity contribution in [1.82, 2.24) is 0 Å². The standard InChI is InChI=1S/C16H15F4NO3/c17-15(18)23-13-7-6-12(10-14(13)24-16(19)20)21(8-9-22)11-4-2-1-3-5-11/h1-7,10,15-16,22H,8-9H2. The van der Waals surface area contributed by atoms with Gasteiger partial charge in [-0.1, -0.05) is 18.2 Å². The van der Waals surface area contributed by atoms with Crippen LogP contribution in [0.5, 0.6) is 11.5 Å². The second kappa shape index (κ2) is 8.39. The molecule has 24 heavy (non-hydrogen) atoms.